The molecule has 35 heavy (non-hydrogen) atoms. The molecule has 3 N–H and O–H groups in total. The van der Waals surface area contributed by atoms with Gasteiger partial charge >= 0.3 is 0 Å². The number of anilines is 1. The highest BCUT2D eigenvalue weighted by molar-refractivity contribution is 5.94. The molecule has 1 amide bonds. The smallest absolute Gasteiger partial charge is 0.251 e. The van der Waals surface area contributed by atoms with E-state index in [4.69, 9.17) is 10.5 Å². The van der Waals surface area contributed by atoms with Gasteiger partial charge in [-0.1, -0.05) is 0 Å². The molecule has 182 valence electrons. The van der Waals surface area contributed by atoms with Crippen LogP contribution in [0.4, 0.5) is 10.1 Å². The molecule has 3 aliphatic rings. The average Bonchev–Trinajstić information content (AvgIpc) is 3.36. The van der Waals surface area contributed by atoms with Gasteiger partial charge in [0.25, 0.3) is 5.91 Å². The van der Waals surface area contributed by atoms with E-state index < -0.39 is 11.7 Å². The van der Waals surface area contributed by atoms with Crippen LogP contribution in [0.5, 0.6) is 0 Å². The van der Waals surface area contributed by atoms with Crippen molar-refractivity contribution in [2.75, 3.05) is 18.5 Å². The topological polar surface area (TPSA) is 98.3 Å². The Morgan fingerprint density at radius 3 is 2.57 bits per heavy atom. The van der Waals surface area contributed by atoms with Gasteiger partial charge in [-0.05, 0) is 61.9 Å². The lowest BCUT2D eigenvalue weighted by Crippen LogP contribution is -2.58. The van der Waals surface area contributed by atoms with Crippen LogP contribution in [0, 0.1) is 12.7 Å². The van der Waals surface area contributed by atoms with Crippen molar-refractivity contribution in [2.24, 2.45) is 5.73 Å². The molecule has 3 aromatic rings. The number of halogens is 1. The second kappa shape index (κ2) is 8.73. The highest BCUT2D eigenvalue weighted by Gasteiger charge is 2.45. The molecule has 1 aromatic carbocycles. The molecule has 0 saturated carbocycles. The molecule has 2 unspecified atom stereocenters. The first-order valence-electron chi connectivity index (χ1n) is 12.2. The summed E-state index contributed by atoms with van der Waals surface area (Å²) in [4.78, 5) is 18.7. The van der Waals surface area contributed by atoms with Crippen molar-refractivity contribution in [3.8, 4) is 16.8 Å². The van der Waals surface area contributed by atoms with Crippen LogP contribution >= 0.6 is 0 Å². The zero-order chi connectivity index (χ0) is 24.1. The summed E-state index contributed by atoms with van der Waals surface area (Å²) in [5, 5.41) is 8.20. The standard InChI is InChI=1S/C26H29FN6O2/c1-15-4-25(27)24(26(28)34)8-23(15)16-9-30-32(12-16)21-7-18(10-29-11-21)31-17-5-19-2-3-20(6-17)33(19)22-13-35-14-22/h4,7-12,17,19-20,22,31H,2-3,5-6,13-14H2,1H3,(H2,28,34). The average molecular weight is 477 g/mol. The molecule has 3 aliphatic heterocycles. The number of aromatic nitrogens is 3. The molecule has 3 saturated heterocycles. The number of rotatable bonds is 6. The van der Waals surface area contributed by atoms with Crippen LogP contribution in [0.25, 0.3) is 16.8 Å². The van der Waals surface area contributed by atoms with Crippen LogP contribution < -0.4 is 11.1 Å². The number of nitrogens with zero attached hydrogens (tertiary/aromatic N) is 4. The monoisotopic (exact) mass is 476 g/mol. The van der Waals surface area contributed by atoms with Crippen LogP contribution in [0.15, 0.2) is 43.0 Å². The number of pyridine rings is 1. The maximum absolute atomic E-state index is 14.1. The van der Waals surface area contributed by atoms with Gasteiger partial charge in [-0.2, -0.15) is 5.10 Å². The Balaban J connectivity index is 1.19. The number of hydrogen-bond acceptors (Lipinski definition) is 6. The van der Waals surface area contributed by atoms with Crippen molar-refractivity contribution < 1.29 is 13.9 Å². The summed E-state index contributed by atoms with van der Waals surface area (Å²) in [5.41, 5.74) is 9.19. The van der Waals surface area contributed by atoms with Crippen molar-refractivity contribution in [2.45, 2.75) is 56.8 Å². The zero-order valence-electron chi connectivity index (χ0n) is 19.7. The van der Waals surface area contributed by atoms with Gasteiger partial charge in [-0.3, -0.25) is 14.7 Å². The number of piperidine rings is 1. The number of fused-ring (bicyclic) bond motifs is 2. The summed E-state index contributed by atoms with van der Waals surface area (Å²) in [7, 11) is 0. The fraction of sp³-hybridized carbons (Fsp3) is 0.423. The van der Waals surface area contributed by atoms with E-state index >= 15 is 0 Å². The van der Waals surface area contributed by atoms with Crippen molar-refractivity contribution >= 4 is 11.6 Å². The summed E-state index contributed by atoms with van der Waals surface area (Å²) in [6.45, 7) is 3.55. The summed E-state index contributed by atoms with van der Waals surface area (Å²) < 4.78 is 21.3. The Morgan fingerprint density at radius 1 is 1.11 bits per heavy atom. The van der Waals surface area contributed by atoms with Gasteiger partial charge in [0.05, 0.1) is 54.8 Å². The van der Waals surface area contributed by atoms with E-state index in [1.165, 1.54) is 25.0 Å². The maximum Gasteiger partial charge on any atom is 0.251 e. The van der Waals surface area contributed by atoms with Crippen LogP contribution in [-0.2, 0) is 4.74 Å². The summed E-state index contributed by atoms with van der Waals surface area (Å²) >= 11 is 0. The fourth-order valence-corrected chi connectivity index (χ4v) is 5.97. The predicted molar refractivity (Wildman–Crippen MR) is 130 cm³/mol. The lowest BCUT2D eigenvalue weighted by Gasteiger charge is -2.46. The minimum atomic E-state index is -0.792. The molecule has 0 spiro atoms. The third-order valence-electron chi connectivity index (χ3n) is 7.66. The van der Waals surface area contributed by atoms with Crippen LogP contribution in [0.3, 0.4) is 0 Å². The molecule has 6 rings (SSSR count). The third-order valence-corrected chi connectivity index (χ3v) is 7.66. The third kappa shape index (κ3) is 4.08. The lowest BCUT2D eigenvalue weighted by atomic mass is 9.94. The molecule has 2 atom stereocenters. The SMILES string of the molecule is Cc1cc(F)c(C(N)=O)cc1-c1cnn(-c2cncc(NC3CC4CCC(C3)N4C3COC3)c2)c1. The minimum absolute atomic E-state index is 0.129. The van der Waals surface area contributed by atoms with E-state index in [1.807, 2.05) is 18.5 Å². The maximum atomic E-state index is 14.1. The summed E-state index contributed by atoms with van der Waals surface area (Å²) in [6, 6.07) is 7.16. The second-order valence-electron chi connectivity index (χ2n) is 9.95. The quantitative estimate of drug-likeness (QED) is 0.567. The molecule has 9 heteroatoms. The molecule has 0 radical (unpaired) electrons. The Labute approximate surface area is 203 Å². The Kier molecular flexibility index (Phi) is 5.53. The molecule has 3 fully saturated rings. The highest BCUT2D eigenvalue weighted by atomic mass is 19.1. The van der Waals surface area contributed by atoms with Crippen molar-refractivity contribution in [3.63, 3.8) is 0 Å². The number of amides is 1. The zero-order valence-corrected chi connectivity index (χ0v) is 19.7. The van der Waals surface area contributed by atoms with Crippen LogP contribution in [-0.4, -0.2) is 63.0 Å². The second-order valence-corrected chi connectivity index (χ2v) is 9.95. The number of hydrogen-bond donors (Lipinski definition) is 2. The molecule has 0 aliphatic carbocycles. The van der Waals surface area contributed by atoms with Gasteiger partial charge in [0.15, 0.2) is 0 Å². The Morgan fingerprint density at radius 2 is 1.89 bits per heavy atom. The van der Waals surface area contributed by atoms with Gasteiger partial charge in [0.1, 0.15) is 5.82 Å². The number of ether oxygens (including phenoxy) is 1. The lowest BCUT2D eigenvalue weighted by molar-refractivity contribution is -0.0917. The van der Waals surface area contributed by atoms with Crippen molar-refractivity contribution in [3.05, 3.63) is 59.9 Å². The Bertz CT molecular complexity index is 1260. The minimum Gasteiger partial charge on any atom is -0.381 e. The molecule has 2 aromatic heterocycles. The van der Waals surface area contributed by atoms with Gasteiger partial charge < -0.3 is 15.8 Å². The first-order valence-corrected chi connectivity index (χ1v) is 12.2. The number of nitrogens with two attached hydrogens (primary N) is 1. The number of primary amides is 1. The van der Waals surface area contributed by atoms with E-state index in [0.717, 1.165) is 43.0 Å². The number of aryl methyl sites for hydroxylation is 1. The summed E-state index contributed by atoms with van der Waals surface area (Å²) in [5.74, 6) is -1.41. The van der Waals surface area contributed by atoms with Gasteiger partial charge in [0, 0.05) is 29.9 Å². The van der Waals surface area contributed by atoms with E-state index in [2.05, 4.69) is 20.3 Å². The first-order chi connectivity index (χ1) is 17.0. The molecule has 2 bridgehead atoms. The van der Waals surface area contributed by atoms with E-state index in [1.54, 1.807) is 24.0 Å². The number of nitrogens with one attached hydrogen (secondary N) is 1. The van der Waals surface area contributed by atoms with Gasteiger partial charge in [-0.15, -0.1) is 0 Å². The van der Waals surface area contributed by atoms with Crippen molar-refractivity contribution in [1.82, 2.24) is 19.7 Å². The molecule has 5 heterocycles. The Hall–Kier alpha value is -3.30. The van der Waals surface area contributed by atoms with E-state index in [0.29, 0.717) is 35.3 Å². The van der Waals surface area contributed by atoms with Crippen molar-refractivity contribution in [1.29, 1.82) is 0 Å². The van der Waals surface area contributed by atoms with Gasteiger partial charge in [0.2, 0.25) is 0 Å². The molecule has 8 nitrogen and oxygen atoms in total. The number of benzene rings is 1. The van der Waals surface area contributed by atoms with E-state index in [-0.39, 0.29) is 5.56 Å². The molecular formula is C26H29FN6O2. The fourth-order valence-electron chi connectivity index (χ4n) is 5.97. The summed E-state index contributed by atoms with van der Waals surface area (Å²) in [6.07, 6.45) is 12.0. The predicted octanol–water partition coefficient (Wildman–Crippen LogP) is 3.29. The van der Waals surface area contributed by atoms with Gasteiger partial charge in [-0.25, -0.2) is 9.07 Å². The van der Waals surface area contributed by atoms with Crippen LogP contribution in [0.1, 0.15) is 41.6 Å². The number of carbonyl (C=O) groups excluding carboxylic acids is 1. The largest absolute Gasteiger partial charge is 0.381 e. The van der Waals surface area contributed by atoms with Crippen LogP contribution in [0.2, 0.25) is 0 Å². The number of carbonyl (C=O) groups is 1. The molecular weight excluding hydrogens is 447 g/mol. The first kappa shape index (κ1) is 22.2. The highest BCUT2D eigenvalue weighted by Crippen LogP contribution is 2.39. The van der Waals surface area contributed by atoms with E-state index in [9.17, 15) is 9.18 Å². The normalized spacial score (nSPS) is 24.3.